The third-order valence-electron chi connectivity index (χ3n) is 3.14. The molecule has 1 amide bonds. The van der Waals surface area contributed by atoms with Crippen LogP contribution in [-0.4, -0.2) is 50.2 Å². The minimum Gasteiger partial charge on any atom is -0.379 e. The fraction of sp³-hybridized carbons (Fsp3) is 0.929. The molecular weight excluding hydrogens is 228 g/mol. The number of rotatable bonds is 5. The molecule has 0 radical (unpaired) electrons. The maximum atomic E-state index is 12.4. The van der Waals surface area contributed by atoms with Crippen molar-refractivity contribution in [1.82, 2.24) is 10.2 Å². The predicted octanol–water partition coefficient (Wildman–Crippen LogP) is 1.51. The van der Waals surface area contributed by atoms with E-state index >= 15 is 0 Å². The number of nitrogens with one attached hydrogen (secondary N) is 1. The van der Waals surface area contributed by atoms with E-state index in [-0.39, 0.29) is 23.3 Å². The quantitative estimate of drug-likeness (QED) is 0.810. The molecule has 4 heteroatoms. The van der Waals surface area contributed by atoms with Crippen LogP contribution in [0, 0.1) is 11.3 Å². The van der Waals surface area contributed by atoms with E-state index in [1.54, 1.807) is 0 Å². The van der Waals surface area contributed by atoms with Crippen molar-refractivity contribution in [2.45, 2.75) is 40.2 Å². The second-order valence-corrected chi connectivity index (χ2v) is 6.46. The van der Waals surface area contributed by atoms with Gasteiger partial charge in [-0.3, -0.25) is 4.79 Å². The molecule has 1 fully saturated rings. The summed E-state index contributed by atoms with van der Waals surface area (Å²) in [4.78, 5) is 14.2. The number of hydrogen-bond acceptors (Lipinski definition) is 3. The number of carbonyl (C=O) groups excluding carboxylic acids is 1. The number of ether oxygens (including phenoxy) is 1. The summed E-state index contributed by atoms with van der Waals surface area (Å²) < 4.78 is 5.46. The number of amides is 1. The molecule has 0 aromatic carbocycles. The second kappa shape index (κ2) is 6.53. The van der Waals surface area contributed by atoms with Gasteiger partial charge in [-0.25, -0.2) is 0 Å². The Labute approximate surface area is 111 Å². The molecule has 106 valence electrons. The summed E-state index contributed by atoms with van der Waals surface area (Å²) in [5.74, 6) is 0.180. The van der Waals surface area contributed by atoms with E-state index in [4.69, 9.17) is 4.74 Å². The van der Waals surface area contributed by atoms with Crippen molar-refractivity contribution in [3.8, 4) is 0 Å². The lowest BCUT2D eigenvalue weighted by molar-refractivity contribution is -0.135. The van der Waals surface area contributed by atoms with E-state index in [0.717, 1.165) is 19.5 Å². The van der Waals surface area contributed by atoms with E-state index < -0.39 is 0 Å². The molecule has 2 atom stereocenters. The summed E-state index contributed by atoms with van der Waals surface area (Å²) >= 11 is 0. The normalized spacial score (nSPS) is 24.3. The first kappa shape index (κ1) is 15.4. The largest absolute Gasteiger partial charge is 0.379 e. The predicted molar refractivity (Wildman–Crippen MR) is 73.5 cm³/mol. The lowest BCUT2D eigenvalue weighted by Gasteiger charge is -2.30. The standard InChI is InChI=1S/C14H28N2O2/c1-6-7-15-12-9-18-8-11(12)13(17)16(5)10-14(2,3)4/h11-12,15H,6-10H2,1-5H3. The van der Waals surface area contributed by atoms with E-state index in [0.29, 0.717) is 13.2 Å². The Morgan fingerprint density at radius 1 is 1.39 bits per heavy atom. The van der Waals surface area contributed by atoms with Crippen LogP contribution < -0.4 is 5.32 Å². The minimum atomic E-state index is -0.0242. The Kier molecular flexibility index (Phi) is 5.60. The highest BCUT2D eigenvalue weighted by Gasteiger charge is 2.35. The molecule has 0 aromatic rings. The van der Waals surface area contributed by atoms with Gasteiger partial charge in [0.15, 0.2) is 0 Å². The fourth-order valence-corrected chi connectivity index (χ4v) is 2.40. The van der Waals surface area contributed by atoms with Crippen molar-refractivity contribution in [1.29, 1.82) is 0 Å². The number of nitrogens with zero attached hydrogens (tertiary/aromatic N) is 1. The summed E-state index contributed by atoms with van der Waals surface area (Å²) in [6.45, 7) is 11.5. The van der Waals surface area contributed by atoms with Crippen LogP contribution >= 0.6 is 0 Å². The summed E-state index contributed by atoms with van der Waals surface area (Å²) in [5.41, 5.74) is 0.135. The molecule has 0 aromatic heterocycles. The van der Waals surface area contributed by atoms with Gasteiger partial charge < -0.3 is 15.0 Å². The van der Waals surface area contributed by atoms with Gasteiger partial charge in [0.05, 0.1) is 19.1 Å². The van der Waals surface area contributed by atoms with Crippen molar-refractivity contribution in [2.24, 2.45) is 11.3 Å². The van der Waals surface area contributed by atoms with Gasteiger partial charge in [0.1, 0.15) is 0 Å². The van der Waals surface area contributed by atoms with Crippen LogP contribution in [0.1, 0.15) is 34.1 Å². The molecule has 1 heterocycles. The average molecular weight is 256 g/mol. The molecule has 1 rings (SSSR count). The summed E-state index contributed by atoms with van der Waals surface area (Å²) in [6.07, 6.45) is 1.08. The van der Waals surface area contributed by atoms with E-state index in [1.807, 2.05) is 11.9 Å². The zero-order valence-electron chi connectivity index (χ0n) is 12.5. The van der Waals surface area contributed by atoms with Crippen LogP contribution in [0.3, 0.4) is 0 Å². The van der Waals surface area contributed by atoms with Gasteiger partial charge in [-0.2, -0.15) is 0 Å². The molecular formula is C14H28N2O2. The molecule has 1 aliphatic heterocycles. The van der Waals surface area contributed by atoms with Crippen LogP contribution in [0.25, 0.3) is 0 Å². The molecule has 1 aliphatic rings. The minimum absolute atomic E-state index is 0.0242. The molecule has 4 nitrogen and oxygen atoms in total. The molecule has 0 spiro atoms. The van der Waals surface area contributed by atoms with Crippen LogP contribution in [0.5, 0.6) is 0 Å². The van der Waals surface area contributed by atoms with Crippen molar-refractivity contribution in [2.75, 3.05) is 33.4 Å². The van der Waals surface area contributed by atoms with Gasteiger partial charge >= 0.3 is 0 Å². The number of hydrogen-bond donors (Lipinski definition) is 1. The first-order valence-electron chi connectivity index (χ1n) is 6.91. The van der Waals surface area contributed by atoms with E-state index in [1.165, 1.54) is 0 Å². The van der Waals surface area contributed by atoms with Gasteiger partial charge in [0.25, 0.3) is 0 Å². The Bertz CT molecular complexity index is 273. The summed E-state index contributed by atoms with van der Waals surface area (Å²) in [5, 5.41) is 3.41. The smallest absolute Gasteiger partial charge is 0.229 e. The van der Waals surface area contributed by atoms with Crippen molar-refractivity contribution in [3.63, 3.8) is 0 Å². The zero-order valence-corrected chi connectivity index (χ0v) is 12.5. The maximum Gasteiger partial charge on any atom is 0.229 e. The van der Waals surface area contributed by atoms with Crippen molar-refractivity contribution < 1.29 is 9.53 Å². The van der Waals surface area contributed by atoms with Gasteiger partial charge in [-0.15, -0.1) is 0 Å². The van der Waals surface area contributed by atoms with Gasteiger partial charge in [0.2, 0.25) is 5.91 Å². The number of carbonyl (C=O) groups is 1. The molecule has 1 N–H and O–H groups in total. The Balaban J connectivity index is 2.53. The molecule has 0 saturated carbocycles. The SMILES string of the molecule is CCCNC1COCC1C(=O)N(C)CC(C)(C)C. The van der Waals surface area contributed by atoms with Gasteiger partial charge in [0, 0.05) is 19.6 Å². The second-order valence-electron chi connectivity index (χ2n) is 6.46. The molecule has 2 unspecified atom stereocenters. The molecule has 0 aliphatic carbocycles. The Morgan fingerprint density at radius 2 is 2.06 bits per heavy atom. The lowest BCUT2D eigenvalue weighted by atomic mass is 9.94. The summed E-state index contributed by atoms with van der Waals surface area (Å²) in [6, 6.07) is 0.180. The first-order valence-corrected chi connectivity index (χ1v) is 6.91. The third kappa shape index (κ3) is 4.58. The van der Waals surface area contributed by atoms with E-state index in [9.17, 15) is 4.79 Å². The van der Waals surface area contributed by atoms with Crippen molar-refractivity contribution >= 4 is 5.91 Å². The monoisotopic (exact) mass is 256 g/mol. The van der Waals surface area contributed by atoms with Crippen LogP contribution in [0.15, 0.2) is 0 Å². The summed E-state index contributed by atoms with van der Waals surface area (Å²) in [7, 11) is 1.89. The molecule has 0 bridgehead atoms. The highest BCUT2D eigenvalue weighted by molar-refractivity contribution is 5.79. The highest BCUT2D eigenvalue weighted by atomic mass is 16.5. The lowest BCUT2D eigenvalue weighted by Crippen LogP contribution is -2.46. The Morgan fingerprint density at radius 3 is 2.61 bits per heavy atom. The first-order chi connectivity index (χ1) is 8.35. The topological polar surface area (TPSA) is 41.6 Å². The average Bonchev–Trinajstić information content (AvgIpc) is 2.70. The van der Waals surface area contributed by atoms with Gasteiger partial charge in [-0.05, 0) is 18.4 Å². The van der Waals surface area contributed by atoms with Gasteiger partial charge in [-0.1, -0.05) is 27.7 Å². The highest BCUT2D eigenvalue weighted by Crippen LogP contribution is 2.20. The molecule has 1 saturated heterocycles. The molecule has 18 heavy (non-hydrogen) atoms. The van der Waals surface area contributed by atoms with Crippen LogP contribution in [0.4, 0.5) is 0 Å². The third-order valence-corrected chi connectivity index (χ3v) is 3.14. The zero-order chi connectivity index (χ0) is 13.8. The van der Waals surface area contributed by atoms with E-state index in [2.05, 4.69) is 33.0 Å². The Hall–Kier alpha value is -0.610. The fourth-order valence-electron chi connectivity index (χ4n) is 2.40. The van der Waals surface area contributed by atoms with Crippen LogP contribution in [0.2, 0.25) is 0 Å². The van der Waals surface area contributed by atoms with Crippen LogP contribution in [-0.2, 0) is 9.53 Å². The maximum absolute atomic E-state index is 12.4. The van der Waals surface area contributed by atoms with Crippen molar-refractivity contribution in [3.05, 3.63) is 0 Å².